The molecule has 1 saturated carbocycles. The van der Waals surface area contributed by atoms with E-state index in [-0.39, 0.29) is 0 Å². The molecule has 64 valence electrons. The van der Waals surface area contributed by atoms with Crippen molar-refractivity contribution < 1.29 is 0 Å². The standard InChI is InChI=1S/C9H18N2/c1-11(9-4-5-9)7-8-3-2-6-10-8/h8-10H,2-7H2,1H3. The van der Waals surface area contributed by atoms with E-state index in [0.717, 1.165) is 12.1 Å². The molecule has 0 aromatic carbocycles. The molecule has 2 heteroatoms. The van der Waals surface area contributed by atoms with Crippen molar-refractivity contribution in [2.75, 3.05) is 20.1 Å². The van der Waals surface area contributed by atoms with Crippen LogP contribution in [0.1, 0.15) is 25.7 Å². The van der Waals surface area contributed by atoms with Gasteiger partial charge in [0, 0.05) is 18.6 Å². The minimum absolute atomic E-state index is 0.792. The van der Waals surface area contributed by atoms with E-state index in [1.165, 1.54) is 38.8 Å². The zero-order chi connectivity index (χ0) is 7.68. The summed E-state index contributed by atoms with van der Waals surface area (Å²) in [6.07, 6.45) is 5.63. The summed E-state index contributed by atoms with van der Waals surface area (Å²) in [5.41, 5.74) is 0. The van der Waals surface area contributed by atoms with Gasteiger partial charge in [0.1, 0.15) is 0 Å². The third kappa shape index (κ3) is 1.94. The molecule has 2 fully saturated rings. The molecule has 0 aromatic rings. The van der Waals surface area contributed by atoms with Crippen LogP contribution in [-0.2, 0) is 0 Å². The maximum absolute atomic E-state index is 3.53. The minimum Gasteiger partial charge on any atom is -0.313 e. The van der Waals surface area contributed by atoms with Crippen molar-refractivity contribution in [1.82, 2.24) is 10.2 Å². The van der Waals surface area contributed by atoms with E-state index in [1.807, 2.05) is 0 Å². The Morgan fingerprint density at radius 3 is 2.73 bits per heavy atom. The van der Waals surface area contributed by atoms with E-state index < -0.39 is 0 Å². The lowest BCUT2D eigenvalue weighted by Crippen LogP contribution is -2.36. The predicted molar refractivity (Wildman–Crippen MR) is 46.7 cm³/mol. The number of likely N-dealkylation sites (N-methyl/N-ethyl adjacent to an activating group) is 1. The van der Waals surface area contributed by atoms with E-state index in [0.29, 0.717) is 0 Å². The highest BCUT2D eigenvalue weighted by Gasteiger charge is 2.28. The molecule has 11 heavy (non-hydrogen) atoms. The fourth-order valence-corrected chi connectivity index (χ4v) is 1.92. The van der Waals surface area contributed by atoms with Gasteiger partial charge < -0.3 is 10.2 Å². The van der Waals surface area contributed by atoms with Crippen LogP contribution < -0.4 is 5.32 Å². The lowest BCUT2D eigenvalue weighted by Gasteiger charge is -2.20. The molecule has 2 rings (SSSR count). The lowest BCUT2D eigenvalue weighted by molar-refractivity contribution is 0.291. The Morgan fingerprint density at radius 1 is 1.36 bits per heavy atom. The average molecular weight is 154 g/mol. The van der Waals surface area contributed by atoms with Crippen molar-refractivity contribution in [3.63, 3.8) is 0 Å². The average Bonchev–Trinajstić information content (AvgIpc) is 2.73. The van der Waals surface area contributed by atoms with Gasteiger partial charge in [0.05, 0.1) is 0 Å². The molecule has 1 aliphatic carbocycles. The largest absolute Gasteiger partial charge is 0.313 e. The zero-order valence-corrected chi connectivity index (χ0v) is 7.34. The highest BCUT2D eigenvalue weighted by Crippen LogP contribution is 2.25. The summed E-state index contributed by atoms with van der Waals surface area (Å²) in [4.78, 5) is 2.52. The van der Waals surface area contributed by atoms with Crippen molar-refractivity contribution in [1.29, 1.82) is 0 Å². The normalized spacial score (nSPS) is 31.6. The SMILES string of the molecule is CN(CC1CCCN1)C1CC1. The number of rotatable bonds is 3. The second-order valence-corrected chi connectivity index (χ2v) is 3.96. The number of nitrogens with zero attached hydrogens (tertiary/aromatic N) is 1. The molecule has 1 heterocycles. The highest BCUT2D eigenvalue weighted by molar-refractivity contribution is 4.86. The second kappa shape index (κ2) is 3.11. The Balaban J connectivity index is 1.70. The highest BCUT2D eigenvalue weighted by atomic mass is 15.2. The van der Waals surface area contributed by atoms with E-state index >= 15 is 0 Å². The van der Waals surface area contributed by atoms with Crippen LogP contribution in [0.5, 0.6) is 0 Å². The van der Waals surface area contributed by atoms with Gasteiger partial charge in [-0.3, -0.25) is 0 Å². The van der Waals surface area contributed by atoms with E-state index in [1.54, 1.807) is 0 Å². The van der Waals surface area contributed by atoms with Crippen LogP contribution in [0.15, 0.2) is 0 Å². The predicted octanol–water partition coefficient (Wildman–Crippen LogP) is 0.833. The molecular formula is C9H18N2. The smallest absolute Gasteiger partial charge is 0.0195 e. The van der Waals surface area contributed by atoms with Gasteiger partial charge >= 0.3 is 0 Å². The van der Waals surface area contributed by atoms with Crippen molar-refractivity contribution in [2.45, 2.75) is 37.8 Å². The third-order valence-corrected chi connectivity index (χ3v) is 2.84. The first kappa shape index (κ1) is 7.56. The monoisotopic (exact) mass is 154 g/mol. The molecule has 0 spiro atoms. The van der Waals surface area contributed by atoms with Crippen molar-refractivity contribution >= 4 is 0 Å². The van der Waals surface area contributed by atoms with Crippen molar-refractivity contribution in [3.8, 4) is 0 Å². The molecule has 2 nitrogen and oxygen atoms in total. The molecule has 0 radical (unpaired) electrons. The lowest BCUT2D eigenvalue weighted by atomic mass is 10.2. The summed E-state index contributed by atoms with van der Waals surface area (Å²) in [5, 5.41) is 3.53. The van der Waals surface area contributed by atoms with E-state index in [9.17, 15) is 0 Å². The first-order chi connectivity index (χ1) is 5.36. The number of hydrogen-bond acceptors (Lipinski definition) is 2. The molecule has 0 amide bonds. The van der Waals surface area contributed by atoms with Gasteiger partial charge in [-0.2, -0.15) is 0 Å². The Kier molecular flexibility index (Phi) is 2.14. The first-order valence-corrected chi connectivity index (χ1v) is 4.80. The summed E-state index contributed by atoms with van der Waals surface area (Å²) in [6, 6.07) is 1.72. The molecule has 1 atom stereocenters. The fourth-order valence-electron chi connectivity index (χ4n) is 1.92. The maximum Gasteiger partial charge on any atom is 0.0195 e. The molecule has 2 aliphatic rings. The molecule has 0 aromatic heterocycles. The topological polar surface area (TPSA) is 15.3 Å². The molecule has 1 saturated heterocycles. The number of nitrogens with one attached hydrogen (secondary N) is 1. The van der Waals surface area contributed by atoms with Crippen LogP contribution in [0.25, 0.3) is 0 Å². The quantitative estimate of drug-likeness (QED) is 0.648. The van der Waals surface area contributed by atoms with Crippen LogP contribution in [-0.4, -0.2) is 37.1 Å². The van der Waals surface area contributed by atoms with Crippen LogP contribution >= 0.6 is 0 Å². The summed E-state index contributed by atoms with van der Waals surface area (Å²) in [7, 11) is 2.26. The summed E-state index contributed by atoms with van der Waals surface area (Å²) in [5.74, 6) is 0. The Morgan fingerprint density at radius 2 is 2.18 bits per heavy atom. The van der Waals surface area contributed by atoms with Gasteiger partial charge in [0.2, 0.25) is 0 Å². The van der Waals surface area contributed by atoms with Crippen LogP contribution in [0.2, 0.25) is 0 Å². The van der Waals surface area contributed by atoms with Gasteiger partial charge in [-0.15, -0.1) is 0 Å². The van der Waals surface area contributed by atoms with E-state index in [4.69, 9.17) is 0 Å². The summed E-state index contributed by atoms with van der Waals surface area (Å²) < 4.78 is 0. The minimum atomic E-state index is 0.792. The molecular weight excluding hydrogens is 136 g/mol. The van der Waals surface area contributed by atoms with E-state index in [2.05, 4.69) is 17.3 Å². The Labute approximate surface area is 69.0 Å². The molecule has 1 aliphatic heterocycles. The third-order valence-electron chi connectivity index (χ3n) is 2.84. The first-order valence-electron chi connectivity index (χ1n) is 4.80. The molecule has 0 bridgehead atoms. The maximum atomic E-state index is 3.53. The van der Waals surface area contributed by atoms with Gasteiger partial charge in [-0.25, -0.2) is 0 Å². The van der Waals surface area contributed by atoms with Gasteiger partial charge in [0.25, 0.3) is 0 Å². The second-order valence-electron chi connectivity index (χ2n) is 3.96. The zero-order valence-electron chi connectivity index (χ0n) is 7.34. The fraction of sp³-hybridized carbons (Fsp3) is 1.00. The van der Waals surface area contributed by atoms with Crippen molar-refractivity contribution in [2.24, 2.45) is 0 Å². The van der Waals surface area contributed by atoms with Crippen LogP contribution in [0, 0.1) is 0 Å². The summed E-state index contributed by atoms with van der Waals surface area (Å²) >= 11 is 0. The molecule has 1 N–H and O–H groups in total. The van der Waals surface area contributed by atoms with Gasteiger partial charge in [-0.1, -0.05) is 0 Å². The molecule has 1 unspecified atom stereocenters. The Bertz CT molecular complexity index is 126. The van der Waals surface area contributed by atoms with Crippen LogP contribution in [0.3, 0.4) is 0 Å². The summed E-state index contributed by atoms with van der Waals surface area (Å²) in [6.45, 7) is 2.51. The number of hydrogen-bond donors (Lipinski definition) is 1. The Hall–Kier alpha value is -0.0800. The van der Waals surface area contributed by atoms with Crippen molar-refractivity contribution in [3.05, 3.63) is 0 Å². The van der Waals surface area contributed by atoms with Crippen LogP contribution in [0.4, 0.5) is 0 Å². The van der Waals surface area contributed by atoms with Gasteiger partial charge in [0.15, 0.2) is 0 Å². The van der Waals surface area contributed by atoms with Gasteiger partial charge in [-0.05, 0) is 39.3 Å².